The number of alkyl halides is 1. The van der Waals surface area contributed by atoms with E-state index in [2.05, 4.69) is 63.4 Å². The molecule has 18 heavy (non-hydrogen) atoms. The first-order valence-corrected chi connectivity index (χ1v) is 7.56. The lowest BCUT2D eigenvalue weighted by molar-refractivity contribution is 0.810. The minimum atomic E-state index is 1.09. The molecule has 0 aliphatic carbocycles. The molecule has 0 spiro atoms. The van der Waals surface area contributed by atoms with E-state index in [0.29, 0.717) is 0 Å². The van der Waals surface area contributed by atoms with E-state index in [0.717, 1.165) is 11.8 Å². The first kappa shape index (κ1) is 11.8. The van der Waals surface area contributed by atoms with Crippen LogP contribution in [-0.2, 0) is 6.42 Å². The van der Waals surface area contributed by atoms with E-state index in [1.165, 1.54) is 40.2 Å². The number of nitrogens with one attached hydrogen (secondary N) is 1. The lowest BCUT2D eigenvalue weighted by atomic mass is 10.0. The largest absolute Gasteiger partial charge is 0.355 e. The molecule has 3 rings (SSSR count). The molecule has 2 aromatic carbocycles. The first-order valence-electron chi connectivity index (χ1n) is 6.44. The van der Waals surface area contributed by atoms with Crippen LogP contribution in [0.3, 0.4) is 0 Å². The Morgan fingerprint density at radius 2 is 1.72 bits per heavy atom. The maximum atomic E-state index is 3.50. The van der Waals surface area contributed by atoms with Gasteiger partial charge >= 0.3 is 0 Å². The molecular formula is C16H16BrN. The number of hydrogen-bond donors (Lipinski definition) is 1. The van der Waals surface area contributed by atoms with Gasteiger partial charge in [0, 0.05) is 27.1 Å². The third-order valence-electron chi connectivity index (χ3n) is 3.45. The molecule has 0 atom stereocenters. The molecule has 0 amide bonds. The van der Waals surface area contributed by atoms with Gasteiger partial charge in [-0.05, 0) is 37.0 Å². The number of rotatable bonds is 4. The summed E-state index contributed by atoms with van der Waals surface area (Å²) in [7, 11) is 0. The van der Waals surface area contributed by atoms with Crippen LogP contribution >= 0.6 is 15.9 Å². The summed E-state index contributed by atoms with van der Waals surface area (Å²) in [5.41, 5.74) is 3.96. The second kappa shape index (κ2) is 5.15. The van der Waals surface area contributed by atoms with Gasteiger partial charge in [-0.25, -0.2) is 0 Å². The van der Waals surface area contributed by atoms with Crippen molar-refractivity contribution in [1.29, 1.82) is 0 Å². The summed E-state index contributed by atoms with van der Waals surface area (Å²) in [6, 6.07) is 15.1. The number of para-hydroxylation sites is 1. The van der Waals surface area contributed by atoms with Gasteiger partial charge in [0.1, 0.15) is 0 Å². The van der Waals surface area contributed by atoms with Gasteiger partial charge in [-0.3, -0.25) is 0 Å². The van der Waals surface area contributed by atoms with E-state index >= 15 is 0 Å². The highest BCUT2D eigenvalue weighted by Crippen LogP contribution is 2.29. The van der Waals surface area contributed by atoms with Crippen molar-refractivity contribution in [2.24, 2.45) is 0 Å². The SMILES string of the molecule is BrCCCCc1cccc2[nH]c3ccccc3c12. The van der Waals surface area contributed by atoms with Crippen LogP contribution in [0.2, 0.25) is 0 Å². The smallest absolute Gasteiger partial charge is 0.0467 e. The molecule has 1 N–H and O–H groups in total. The zero-order valence-electron chi connectivity index (χ0n) is 10.2. The number of halogens is 1. The van der Waals surface area contributed by atoms with Crippen molar-refractivity contribution in [3.8, 4) is 0 Å². The number of aryl methyl sites for hydroxylation is 1. The molecular weight excluding hydrogens is 286 g/mol. The Hall–Kier alpha value is -1.28. The molecule has 0 unspecified atom stereocenters. The summed E-state index contributed by atoms with van der Waals surface area (Å²) in [5, 5.41) is 3.85. The molecule has 0 aliphatic heterocycles. The molecule has 1 aromatic heterocycles. The Morgan fingerprint density at radius 3 is 2.61 bits per heavy atom. The van der Waals surface area contributed by atoms with Crippen LogP contribution in [0.25, 0.3) is 21.8 Å². The van der Waals surface area contributed by atoms with Gasteiger partial charge in [-0.15, -0.1) is 0 Å². The summed E-state index contributed by atoms with van der Waals surface area (Å²) < 4.78 is 0. The molecule has 0 fully saturated rings. The monoisotopic (exact) mass is 301 g/mol. The van der Waals surface area contributed by atoms with Gasteiger partial charge in [0.05, 0.1) is 0 Å². The van der Waals surface area contributed by atoms with Crippen LogP contribution in [0.5, 0.6) is 0 Å². The Labute approximate surface area is 115 Å². The Morgan fingerprint density at radius 1 is 0.889 bits per heavy atom. The molecule has 0 radical (unpaired) electrons. The van der Waals surface area contributed by atoms with E-state index in [1.54, 1.807) is 0 Å². The molecule has 92 valence electrons. The van der Waals surface area contributed by atoms with E-state index in [9.17, 15) is 0 Å². The fraction of sp³-hybridized carbons (Fsp3) is 0.250. The first-order chi connectivity index (χ1) is 8.90. The molecule has 3 aromatic rings. The van der Waals surface area contributed by atoms with E-state index < -0.39 is 0 Å². The lowest BCUT2D eigenvalue weighted by Crippen LogP contribution is -1.87. The molecule has 0 aliphatic rings. The van der Waals surface area contributed by atoms with Crippen molar-refractivity contribution in [3.05, 3.63) is 48.0 Å². The zero-order chi connectivity index (χ0) is 12.4. The summed E-state index contributed by atoms with van der Waals surface area (Å²) in [6.45, 7) is 0. The summed E-state index contributed by atoms with van der Waals surface area (Å²) in [6.07, 6.45) is 3.63. The lowest BCUT2D eigenvalue weighted by Gasteiger charge is -2.03. The number of aromatic nitrogens is 1. The molecule has 0 saturated carbocycles. The summed E-state index contributed by atoms with van der Waals surface area (Å²) in [5.74, 6) is 0. The van der Waals surface area contributed by atoms with Crippen LogP contribution in [0.4, 0.5) is 0 Å². The van der Waals surface area contributed by atoms with Gasteiger partial charge in [0.2, 0.25) is 0 Å². The zero-order valence-corrected chi connectivity index (χ0v) is 11.8. The highest BCUT2D eigenvalue weighted by atomic mass is 79.9. The second-order valence-electron chi connectivity index (χ2n) is 4.66. The fourth-order valence-electron chi connectivity index (χ4n) is 2.60. The average molecular weight is 302 g/mol. The molecule has 0 bridgehead atoms. The second-order valence-corrected chi connectivity index (χ2v) is 5.45. The number of aromatic amines is 1. The third kappa shape index (κ3) is 2.05. The van der Waals surface area contributed by atoms with Crippen molar-refractivity contribution in [3.63, 3.8) is 0 Å². The fourth-order valence-corrected chi connectivity index (χ4v) is 2.99. The number of benzene rings is 2. The molecule has 1 nitrogen and oxygen atoms in total. The van der Waals surface area contributed by atoms with E-state index in [-0.39, 0.29) is 0 Å². The van der Waals surface area contributed by atoms with Crippen LogP contribution in [0.15, 0.2) is 42.5 Å². The van der Waals surface area contributed by atoms with E-state index in [1.807, 2.05) is 0 Å². The van der Waals surface area contributed by atoms with Gasteiger partial charge in [-0.2, -0.15) is 0 Å². The van der Waals surface area contributed by atoms with Crippen LogP contribution < -0.4 is 0 Å². The normalized spacial score (nSPS) is 11.4. The standard InChI is InChI=1S/C16H16BrN/c17-11-4-3-6-12-7-5-10-15-16(12)13-8-1-2-9-14(13)18-15/h1-2,5,7-10,18H,3-4,6,11H2. The van der Waals surface area contributed by atoms with Gasteiger partial charge in [0.25, 0.3) is 0 Å². The number of hydrogen-bond acceptors (Lipinski definition) is 0. The summed E-state index contributed by atoms with van der Waals surface area (Å²) in [4.78, 5) is 3.50. The van der Waals surface area contributed by atoms with Gasteiger partial charge < -0.3 is 4.98 Å². The number of fused-ring (bicyclic) bond motifs is 3. The highest BCUT2D eigenvalue weighted by molar-refractivity contribution is 9.09. The quantitative estimate of drug-likeness (QED) is 0.513. The van der Waals surface area contributed by atoms with Crippen molar-refractivity contribution < 1.29 is 0 Å². The summed E-state index contributed by atoms with van der Waals surface area (Å²) >= 11 is 3.50. The van der Waals surface area contributed by atoms with Gasteiger partial charge in [-0.1, -0.05) is 46.3 Å². The highest BCUT2D eigenvalue weighted by Gasteiger charge is 2.07. The molecule has 2 heteroatoms. The predicted molar refractivity (Wildman–Crippen MR) is 82.5 cm³/mol. The maximum Gasteiger partial charge on any atom is 0.0467 e. The van der Waals surface area contributed by atoms with Crippen molar-refractivity contribution in [1.82, 2.24) is 4.98 Å². The van der Waals surface area contributed by atoms with Gasteiger partial charge in [0.15, 0.2) is 0 Å². The molecule has 0 saturated heterocycles. The Kier molecular flexibility index (Phi) is 3.37. The average Bonchev–Trinajstić information content (AvgIpc) is 2.78. The number of H-pyrrole nitrogens is 1. The number of unbranched alkanes of at least 4 members (excludes halogenated alkanes) is 1. The minimum absolute atomic E-state index is 1.09. The third-order valence-corrected chi connectivity index (χ3v) is 4.01. The molecule has 1 heterocycles. The van der Waals surface area contributed by atoms with Crippen LogP contribution in [-0.4, -0.2) is 10.3 Å². The maximum absolute atomic E-state index is 3.50. The van der Waals surface area contributed by atoms with Crippen LogP contribution in [0, 0.1) is 0 Å². The Bertz CT molecular complexity index is 669. The predicted octanol–water partition coefficient (Wildman–Crippen LogP) is 5.04. The topological polar surface area (TPSA) is 15.8 Å². The van der Waals surface area contributed by atoms with Crippen molar-refractivity contribution in [2.45, 2.75) is 19.3 Å². The Balaban J connectivity index is 2.13. The minimum Gasteiger partial charge on any atom is -0.355 e. The van der Waals surface area contributed by atoms with Crippen molar-refractivity contribution in [2.75, 3.05) is 5.33 Å². The van der Waals surface area contributed by atoms with Crippen molar-refractivity contribution >= 4 is 37.7 Å². The van der Waals surface area contributed by atoms with Crippen LogP contribution in [0.1, 0.15) is 18.4 Å². The van der Waals surface area contributed by atoms with E-state index in [4.69, 9.17) is 0 Å².